The molecule has 0 spiro atoms. The van der Waals surface area contributed by atoms with Gasteiger partial charge in [0, 0.05) is 19.2 Å². The number of carbonyl (C=O) groups excluding carboxylic acids is 1. The highest BCUT2D eigenvalue weighted by Crippen LogP contribution is 2.32. The van der Waals surface area contributed by atoms with Crippen molar-refractivity contribution < 1.29 is 14.3 Å². The fraction of sp³-hybridized carbons (Fsp3) is 0.933. The third-order valence-electron chi connectivity index (χ3n) is 4.55. The molecule has 20 heavy (non-hydrogen) atoms. The molecule has 1 aliphatic rings. The molecule has 0 amide bonds. The zero-order valence-corrected chi connectivity index (χ0v) is 13.6. The number of hydrogen-bond donors (Lipinski definition) is 1. The number of carbonyl (C=O) groups is 1. The van der Waals surface area contributed by atoms with Gasteiger partial charge >= 0.3 is 5.97 Å². The van der Waals surface area contributed by atoms with Crippen LogP contribution in [0.25, 0.3) is 0 Å². The maximum atomic E-state index is 12.3. The smallest absolute Gasteiger partial charge is 0.326 e. The van der Waals surface area contributed by atoms with E-state index in [4.69, 9.17) is 9.47 Å². The van der Waals surface area contributed by atoms with E-state index in [-0.39, 0.29) is 5.97 Å². The summed E-state index contributed by atoms with van der Waals surface area (Å²) in [4.78, 5) is 14.6. The van der Waals surface area contributed by atoms with Crippen LogP contribution in [0, 0.1) is 0 Å². The van der Waals surface area contributed by atoms with Crippen LogP contribution < -0.4 is 5.32 Å². The highest BCUT2D eigenvalue weighted by Gasteiger charge is 2.44. The molecule has 0 aliphatic heterocycles. The van der Waals surface area contributed by atoms with E-state index in [0.717, 1.165) is 25.7 Å². The molecule has 5 heteroatoms. The first-order valence-electron chi connectivity index (χ1n) is 7.57. The van der Waals surface area contributed by atoms with Crippen molar-refractivity contribution in [3.63, 3.8) is 0 Å². The molecular formula is C15H30N2O3. The van der Waals surface area contributed by atoms with Crippen LogP contribution in [0.3, 0.4) is 0 Å². The Balaban J connectivity index is 2.75. The standard InChI is InChI=1S/C15H30N2O3/c1-6-20-14(18)15(16-3)9-7-8-13(10-15)17(4)12(2)11-19-5/h12-13,16H,6-11H2,1-5H3. The Morgan fingerprint density at radius 3 is 2.80 bits per heavy atom. The van der Waals surface area contributed by atoms with Gasteiger partial charge in [0.25, 0.3) is 0 Å². The molecule has 1 fully saturated rings. The predicted octanol–water partition coefficient (Wildman–Crippen LogP) is 1.42. The topological polar surface area (TPSA) is 50.8 Å². The minimum Gasteiger partial charge on any atom is -0.465 e. The number of nitrogens with one attached hydrogen (secondary N) is 1. The molecule has 0 aromatic carbocycles. The zero-order chi connectivity index (χ0) is 15.2. The van der Waals surface area contributed by atoms with Gasteiger partial charge in [0.1, 0.15) is 5.54 Å². The summed E-state index contributed by atoms with van der Waals surface area (Å²) in [5, 5.41) is 3.23. The first kappa shape index (κ1) is 17.4. The number of nitrogens with zero attached hydrogens (tertiary/aromatic N) is 1. The molecule has 3 unspecified atom stereocenters. The van der Waals surface area contributed by atoms with E-state index in [0.29, 0.717) is 25.3 Å². The summed E-state index contributed by atoms with van der Waals surface area (Å²) in [6, 6.07) is 0.727. The number of esters is 1. The molecule has 118 valence electrons. The molecular weight excluding hydrogens is 256 g/mol. The largest absolute Gasteiger partial charge is 0.465 e. The van der Waals surface area contributed by atoms with Gasteiger partial charge in [-0.1, -0.05) is 0 Å². The second kappa shape index (κ2) is 7.96. The van der Waals surface area contributed by atoms with Crippen molar-refractivity contribution in [3.05, 3.63) is 0 Å². The molecule has 0 heterocycles. The molecule has 1 saturated carbocycles. The third kappa shape index (κ3) is 3.93. The minimum atomic E-state index is -0.528. The Morgan fingerprint density at radius 1 is 1.55 bits per heavy atom. The van der Waals surface area contributed by atoms with Crippen molar-refractivity contribution in [2.45, 2.75) is 57.2 Å². The monoisotopic (exact) mass is 286 g/mol. The van der Waals surface area contributed by atoms with E-state index >= 15 is 0 Å². The Bertz CT molecular complexity index is 311. The minimum absolute atomic E-state index is 0.111. The summed E-state index contributed by atoms with van der Waals surface area (Å²) in [6.45, 7) is 5.15. The van der Waals surface area contributed by atoms with Crippen molar-refractivity contribution in [1.29, 1.82) is 0 Å². The van der Waals surface area contributed by atoms with E-state index in [2.05, 4.69) is 24.2 Å². The Hall–Kier alpha value is -0.650. The number of hydrogen-bond acceptors (Lipinski definition) is 5. The van der Waals surface area contributed by atoms with Crippen molar-refractivity contribution >= 4 is 5.97 Å². The van der Waals surface area contributed by atoms with Gasteiger partial charge in [0.2, 0.25) is 0 Å². The van der Waals surface area contributed by atoms with E-state index in [1.54, 1.807) is 7.11 Å². The predicted molar refractivity (Wildman–Crippen MR) is 79.8 cm³/mol. The van der Waals surface area contributed by atoms with E-state index in [9.17, 15) is 4.79 Å². The number of methoxy groups -OCH3 is 1. The summed E-state index contributed by atoms with van der Waals surface area (Å²) in [5.41, 5.74) is -0.528. The van der Waals surface area contributed by atoms with Gasteiger partial charge < -0.3 is 14.8 Å². The number of likely N-dealkylation sites (N-methyl/N-ethyl adjacent to an activating group) is 2. The fourth-order valence-corrected chi connectivity index (χ4v) is 3.10. The number of ether oxygens (including phenoxy) is 2. The van der Waals surface area contributed by atoms with E-state index < -0.39 is 5.54 Å². The molecule has 0 aromatic heterocycles. The molecule has 1 aliphatic carbocycles. The molecule has 0 aromatic rings. The lowest BCUT2D eigenvalue weighted by Gasteiger charge is -2.43. The Morgan fingerprint density at radius 2 is 2.25 bits per heavy atom. The lowest BCUT2D eigenvalue weighted by molar-refractivity contribution is -0.153. The first-order chi connectivity index (χ1) is 9.50. The second-order valence-electron chi connectivity index (χ2n) is 5.77. The summed E-state index contributed by atoms with van der Waals surface area (Å²) in [5.74, 6) is -0.111. The van der Waals surface area contributed by atoms with Gasteiger partial charge in [0.15, 0.2) is 0 Å². The SMILES string of the molecule is CCOC(=O)C1(NC)CCCC(N(C)C(C)COC)C1. The van der Waals surface area contributed by atoms with E-state index in [1.165, 1.54) is 0 Å². The maximum absolute atomic E-state index is 12.3. The summed E-state index contributed by atoms with van der Waals surface area (Å²) < 4.78 is 10.5. The molecule has 3 atom stereocenters. The van der Waals surface area contributed by atoms with Crippen LogP contribution in [-0.4, -0.2) is 62.9 Å². The summed E-state index contributed by atoms with van der Waals surface area (Å²) in [6.07, 6.45) is 3.81. The molecule has 0 bridgehead atoms. The second-order valence-corrected chi connectivity index (χ2v) is 5.77. The fourth-order valence-electron chi connectivity index (χ4n) is 3.10. The quantitative estimate of drug-likeness (QED) is 0.717. The van der Waals surface area contributed by atoms with Crippen LogP contribution in [-0.2, 0) is 14.3 Å². The Kier molecular flexibility index (Phi) is 6.92. The van der Waals surface area contributed by atoms with Crippen molar-refractivity contribution in [1.82, 2.24) is 10.2 Å². The van der Waals surface area contributed by atoms with Crippen molar-refractivity contribution in [2.24, 2.45) is 0 Å². The highest BCUT2D eigenvalue weighted by atomic mass is 16.5. The van der Waals surface area contributed by atoms with Gasteiger partial charge in [-0.25, -0.2) is 0 Å². The maximum Gasteiger partial charge on any atom is 0.326 e. The van der Waals surface area contributed by atoms with Crippen LogP contribution >= 0.6 is 0 Å². The van der Waals surface area contributed by atoms with Crippen LogP contribution in [0.2, 0.25) is 0 Å². The Labute approximate surface area is 123 Å². The molecule has 1 rings (SSSR count). The average molecular weight is 286 g/mol. The third-order valence-corrected chi connectivity index (χ3v) is 4.55. The average Bonchev–Trinajstić information content (AvgIpc) is 2.46. The summed E-state index contributed by atoms with van der Waals surface area (Å²) in [7, 11) is 5.70. The lowest BCUT2D eigenvalue weighted by atomic mass is 9.78. The van der Waals surface area contributed by atoms with Gasteiger partial charge in [0.05, 0.1) is 13.2 Å². The van der Waals surface area contributed by atoms with Crippen LogP contribution in [0.1, 0.15) is 39.5 Å². The molecule has 5 nitrogen and oxygen atoms in total. The lowest BCUT2D eigenvalue weighted by Crippen LogP contribution is -2.58. The van der Waals surface area contributed by atoms with Gasteiger partial charge in [-0.05, 0) is 53.6 Å². The molecule has 0 radical (unpaired) electrons. The van der Waals surface area contributed by atoms with Crippen molar-refractivity contribution in [2.75, 3.05) is 34.4 Å². The van der Waals surface area contributed by atoms with Crippen LogP contribution in [0.5, 0.6) is 0 Å². The van der Waals surface area contributed by atoms with E-state index in [1.807, 2.05) is 14.0 Å². The van der Waals surface area contributed by atoms with Crippen molar-refractivity contribution in [3.8, 4) is 0 Å². The molecule has 0 saturated heterocycles. The van der Waals surface area contributed by atoms with Gasteiger partial charge in [-0.15, -0.1) is 0 Å². The zero-order valence-electron chi connectivity index (χ0n) is 13.6. The first-order valence-corrected chi connectivity index (χ1v) is 7.57. The van der Waals surface area contributed by atoms with Crippen LogP contribution in [0.4, 0.5) is 0 Å². The number of rotatable bonds is 7. The normalized spacial score (nSPS) is 28.4. The highest BCUT2D eigenvalue weighted by molar-refractivity contribution is 5.81. The summed E-state index contributed by atoms with van der Waals surface area (Å²) >= 11 is 0. The van der Waals surface area contributed by atoms with Gasteiger partial charge in [-0.2, -0.15) is 0 Å². The molecule has 1 N–H and O–H groups in total. The van der Waals surface area contributed by atoms with Crippen LogP contribution in [0.15, 0.2) is 0 Å². The van der Waals surface area contributed by atoms with Gasteiger partial charge in [-0.3, -0.25) is 9.69 Å².